The first-order valence-corrected chi connectivity index (χ1v) is 7.20. The van der Waals surface area contributed by atoms with E-state index in [0.29, 0.717) is 5.56 Å². The number of halogens is 3. The maximum Gasteiger partial charge on any atom is 0.173 e. The molecule has 0 spiro atoms. The predicted molar refractivity (Wildman–Crippen MR) is 77.4 cm³/mol. The van der Waals surface area contributed by atoms with Gasteiger partial charge in [-0.15, -0.1) is 0 Å². The Morgan fingerprint density at radius 1 is 1.35 bits per heavy atom. The molecule has 6 heteroatoms. The normalized spacial score (nSPS) is 12.7. The first-order valence-electron chi connectivity index (χ1n) is 6.41. The number of nitrogens with one attached hydrogen (secondary N) is 1. The van der Waals surface area contributed by atoms with Gasteiger partial charge in [0.1, 0.15) is 0 Å². The number of nitrogens with zero attached hydrogens (tertiary/aromatic N) is 2. The SMILES string of the molecule is CCCNC(c1ccc(F)c(F)c1Br)c1ccnn1C. The molecule has 20 heavy (non-hydrogen) atoms. The van der Waals surface area contributed by atoms with Gasteiger partial charge >= 0.3 is 0 Å². The van der Waals surface area contributed by atoms with E-state index in [9.17, 15) is 8.78 Å². The summed E-state index contributed by atoms with van der Waals surface area (Å²) in [5, 5.41) is 7.47. The van der Waals surface area contributed by atoms with E-state index in [1.54, 1.807) is 16.9 Å². The lowest BCUT2D eigenvalue weighted by Gasteiger charge is -2.21. The number of benzene rings is 1. The monoisotopic (exact) mass is 343 g/mol. The summed E-state index contributed by atoms with van der Waals surface area (Å²) in [7, 11) is 1.82. The van der Waals surface area contributed by atoms with Crippen molar-refractivity contribution in [2.75, 3.05) is 6.54 Å². The molecule has 0 saturated carbocycles. The molecule has 0 radical (unpaired) electrons. The summed E-state index contributed by atoms with van der Waals surface area (Å²) < 4.78 is 28.9. The minimum Gasteiger partial charge on any atom is -0.305 e. The minimum atomic E-state index is -0.868. The van der Waals surface area contributed by atoms with E-state index in [-0.39, 0.29) is 10.5 Å². The van der Waals surface area contributed by atoms with Crippen LogP contribution in [0.2, 0.25) is 0 Å². The van der Waals surface area contributed by atoms with Crippen molar-refractivity contribution in [2.24, 2.45) is 7.05 Å². The highest BCUT2D eigenvalue weighted by Crippen LogP contribution is 2.31. The Morgan fingerprint density at radius 2 is 2.10 bits per heavy atom. The Balaban J connectivity index is 2.47. The molecule has 0 aliphatic carbocycles. The molecule has 2 aromatic rings. The number of aryl methyl sites for hydroxylation is 1. The zero-order valence-corrected chi connectivity index (χ0v) is 12.9. The third-order valence-electron chi connectivity index (χ3n) is 3.13. The van der Waals surface area contributed by atoms with Gasteiger partial charge in [-0.3, -0.25) is 4.68 Å². The van der Waals surface area contributed by atoms with Gasteiger partial charge in [0.25, 0.3) is 0 Å². The standard InChI is InChI=1S/C14H16BrF2N3/c1-3-7-18-14(11-6-8-19-20(11)2)9-4-5-10(16)13(17)12(9)15/h4-6,8,14,18H,3,7H2,1-2H3. The van der Waals surface area contributed by atoms with Crippen LogP contribution < -0.4 is 5.32 Å². The van der Waals surface area contributed by atoms with Gasteiger partial charge in [-0.05, 0) is 46.6 Å². The number of rotatable bonds is 5. The highest BCUT2D eigenvalue weighted by atomic mass is 79.9. The highest BCUT2D eigenvalue weighted by Gasteiger charge is 2.22. The van der Waals surface area contributed by atoms with Crippen LogP contribution in [-0.2, 0) is 7.05 Å². The Kier molecular flexibility index (Phi) is 4.88. The van der Waals surface area contributed by atoms with Crippen molar-refractivity contribution in [3.8, 4) is 0 Å². The molecule has 0 saturated heterocycles. The fourth-order valence-electron chi connectivity index (χ4n) is 2.09. The summed E-state index contributed by atoms with van der Waals surface area (Å²) in [6.45, 7) is 2.81. The summed E-state index contributed by atoms with van der Waals surface area (Å²) in [4.78, 5) is 0. The van der Waals surface area contributed by atoms with E-state index in [2.05, 4.69) is 26.3 Å². The van der Waals surface area contributed by atoms with E-state index in [1.165, 1.54) is 0 Å². The zero-order valence-electron chi connectivity index (χ0n) is 11.3. The lowest BCUT2D eigenvalue weighted by Crippen LogP contribution is -2.26. The second-order valence-corrected chi connectivity index (χ2v) is 5.32. The molecule has 1 heterocycles. The Bertz CT molecular complexity index is 598. The molecular weight excluding hydrogens is 328 g/mol. The van der Waals surface area contributed by atoms with Crippen molar-refractivity contribution in [1.82, 2.24) is 15.1 Å². The van der Waals surface area contributed by atoms with E-state index < -0.39 is 11.6 Å². The highest BCUT2D eigenvalue weighted by molar-refractivity contribution is 9.10. The van der Waals surface area contributed by atoms with Crippen LogP contribution in [0.15, 0.2) is 28.9 Å². The van der Waals surface area contributed by atoms with Crippen LogP contribution in [0.1, 0.15) is 30.6 Å². The molecule has 0 amide bonds. The predicted octanol–water partition coefficient (Wildman–Crippen LogP) is 3.55. The third-order valence-corrected chi connectivity index (χ3v) is 3.94. The average Bonchev–Trinajstić information content (AvgIpc) is 2.85. The van der Waals surface area contributed by atoms with Gasteiger partial charge in [0.05, 0.1) is 16.2 Å². The van der Waals surface area contributed by atoms with Crippen molar-refractivity contribution in [3.63, 3.8) is 0 Å². The summed E-state index contributed by atoms with van der Waals surface area (Å²) >= 11 is 3.15. The fraction of sp³-hybridized carbons (Fsp3) is 0.357. The summed E-state index contributed by atoms with van der Waals surface area (Å²) in [5.74, 6) is -1.73. The van der Waals surface area contributed by atoms with Crippen LogP contribution in [-0.4, -0.2) is 16.3 Å². The fourth-order valence-corrected chi connectivity index (χ4v) is 2.64. The van der Waals surface area contributed by atoms with Gasteiger partial charge in [-0.25, -0.2) is 8.78 Å². The van der Waals surface area contributed by atoms with Crippen LogP contribution in [0.3, 0.4) is 0 Å². The lowest BCUT2D eigenvalue weighted by molar-refractivity contribution is 0.494. The van der Waals surface area contributed by atoms with Gasteiger partial charge < -0.3 is 5.32 Å². The first-order chi connectivity index (χ1) is 9.56. The molecule has 2 rings (SSSR count). The molecule has 0 bridgehead atoms. The molecule has 108 valence electrons. The molecule has 0 aliphatic heterocycles. The molecule has 1 aromatic carbocycles. The average molecular weight is 344 g/mol. The van der Waals surface area contributed by atoms with Gasteiger partial charge in [0.2, 0.25) is 0 Å². The molecular formula is C14H16BrF2N3. The number of aromatic nitrogens is 2. The Labute approximate surface area is 125 Å². The van der Waals surface area contributed by atoms with Crippen LogP contribution in [0, 0.1) is 11.6 Å². The van der Waals surface area contributed by atoms with Crippen molar-refractivity contribution in [3.05, 3.63) is 51.8 Å². The molecule has 3 nitrogen and oxygen atoms in total. The minimum absolute atomic E-state index is 0.146. The van der Waals surface area contributed by atoms with Crippen LogP contribution in [0.25, 0.3) is 0 Å². The molecule has 0 aliphatic rings. The van der Waals surface area contributed by atoms with Gasteiger partial charge in [-0.2, -0.15) is 5.10 Å². The van der Waals surface area contributed by atoms with Crippen molar-refractivity contribution < 1.29 is 8.78 Å². The lowest BCUT2D eigenvalue weighted by atomic mass is 10.0. The van der Waals surface area contributed by atoms with Gasteiger partial charge in [0, 0.05) is 13.2 Å². The summed E-state index contributed by atoms with van der Waals surface area (Å²) in [6, 6.07) is 4.35. The molecule has 1 unspecified atom stereocenters. The summed E-state index contributed by atoms with van der Waals surface area (Å²) in [6.07, 6.45) is 2.62. The Morgan fingerprint density at radius 3 is 2.70 bits per heavy atom. The van der Waals surface area contributed by atoms with Gasteiger partial charge in [0.15, 0.2) is 11.6 Å². The van der Waals surface area contributed by atoms with Crippen molar-refractivity contribution in [1.29, 1.82) is 0 Å². The van der Waals surface area contributed by atoms with Crippen LogP contribution >= 0.6 is 15.9 Å². The number of hydrogen-bond acceptors (Lipinski definition) is 2. The molecule has 0 fully saturated rings. The van der Waals surface area contributed by atoms with E-state index >= 15 is 0 Å². The van der Waals surface area contributed by atoms with Crippen molar-refractivity contribution in [2.45, 2.75) is 19.4 Å². The zero-order chi connectivity index (χ0) is 14.7. The largest absolute Gasteiger partial charge is 0.305 e. The van der Waals surface area contributed by atoms with Crippen LogP contribution in [0.4, 0.5) is 8.78 Å². The number of hydrogen-bond donors (Lipinski definition) is 1. The van der Waals surface area contributed by atoms with E-state index in [1.807, 2.05) is 20.0 Å². The second-order valence-electron chi connectivity index (χ2n) is 4.53. The smallest absolute Gasteiger partial charge is 0.173 e. The quantitative estimate of drug-likeness (QED) is 0.841. The van der Waals surface area contributed by atoms with Crippen molar-refractivity contribution >= 4 is 15.9 Å². The maximum atomic E-state index is 13.7. The maximum absolute atomic E-state index is 13.7. The van der Waals surface area contributed by atoms with Gasteiger partial charge in [-0.1, -0.05) is 13.0 Å². The van der Waals surface area contributed by atoms with Crippen LogP contribution in [0.5, 0.6) is 0 Å². The Hall–Kier alpha value is -1.27. The first kappa shape index (κ1) is 15.1. The topological polar surface area (TPSA) is 29.9 Å². The molecule has 1 atom stereocenters. The van der Waals surface area contributed by atoms with E-state index in [0.717, 1.165) is 24.7 Å². The second kappa shape index (κ2) is 6.45. The third kappa shape index (κ3) is 2.91. The van der Waals surface area contributed by atoms with E-state index in [4.69, 9.17) is 0 Å². The molecule has 1 N–H and O–H groups in total. The molecule has 1 aromatic heterocycles. The summed E-state index contributed by atoms with van der Waals surface area (Å²) in [5.41, 5.74) is 1.55.